The number of aliphatic imine (C=N–C) groups is 1. The maximum Gasteiger partial charge on any atom is 0.280 e. The molecule has 0 radical (unpaired) electrons. The van der Waals surface area contributed by atoms with Crippen molar-refractivity contribution in [2.75, 3.05) is 0 Å². The molecule has 3 rings (SSSR count). The SMILES string of the molecule is Cl.NC(N)=NC(=O)c1ccc2c(c1)C(O)c1ccccc1-2. The normalized spacial score (nSPS) is 14.6. The second-order valence-electron chi connectivity index (χ2n) is 4.63. The van der Waals surface area contributed by atoms with E-state index in [2.05, 4.69) is 4.99 Å². The van der Waals surface area contributed by atoms with Gasteiger partial charge >= 0.3 is 0 Å². The number of rotatable bonds is 1. The van der Waals surface area contributed by atoms with Crippen LogP contribution in [0.5, 0.6) is 0 Å². The van der Waals surface area contributed by atoms with Crippen molar-refractivity contribution in [1.29, 1.82) is 0 Å². The fourth-order valence-electron chi connectivity index (χ4n) is 2.50. The minimum absolute atomic E-state index is 0. The molecule has 1 unspecified atom stereocenters. The lowest BCUT2D eigenvalue weighted by atomic mass is 10.0. The van der Waals surface area contributed by atoms with Gasteiger partial charge in [-0.1, -0.05) is 30.3 Å². The first-order chi connectivity index (χ1) is 9.58. The Kier molecular flexibility index (Phi) is 3.97. The van der Waals surface area contributed by atoms with Crippen LogP contribution in [0.15, 0.2) is 47.5 Å². The fourth-order valence-corrected chi connectivity index (χ4v) is 2.50. The lowest BCUT2D eigenvalue weighted by Crippen LogP contribution is -2.24. The fraction of sp³-hybridized carbons (Fsp3) is 0.0667. The van der Waals surface area contributed by atoms with Crippen LogP contribution in [0.3, 0.4) is 0 Å². The molecular weight excluding hydrogens is 290 g/mol. The van der Waals surface area contributed by atoms with Crippen molar-refractivity contribution in [2.45, 2.75) is 6.10 Å². The Hall–Kier alpha value is -2.37. The number of aliphatic hydroxyl groups excluding tert-OH is 1. The topological polar surface area (TPSA) is 102 Å². The van der Waals surface area contributed by atoms with E-state index in [1.54, 1.807) is 18.2 Å². The molecule has 21 heavy (non-hydrogen) atoms. The van der Waals surface area contributed by atoms with E-state index in [4.69, 9.17) is 11.5 Å². The van der Waals surface area contributed by atoms with E-state index in [9.17, 15) is 9.90 Å². The Labute approximate surface area is 127 Å². The number of halogens is 1. The van der Waals surface area contributed by atoms with E-state index in [1.807, 2.05) is 24.3 Å². The molecule has 0 bridgehead atoms. The van der Waals surface area contributed by atoms with Gasteiger partial charge in [0.2, 0.25) is 0 Å². The van der Waals surface area contributed by atoms with Gasteiger partial charge in [-0.2, -0.15) is 4.99 Å². The molecule has 1 aliphatic rings. The highest BCUT2D eigenvalue weighted by Gasteiger charge is 2.27. The van der Waals surface area contributed by atoms with Gasteiger partial charge in [-0.3, -0.25) is 4.79 Å². The molecule has 0 fully saturated rings. The zero-order chi connectivity index (χ0) is 14.3. The summed E-state index contributed by atoms with van der Waals surface area (Å²) in [6.45, 7) is 0. The molecule has 0 aromatic heterocycles. The zero-order valence-corrected chi connectivity index (χ0v) is 11.8. The van der Waals surface area contributed by atoms with E-state index >= 15 is 0 Å². The minimum Gasteiger partial charge on any atom is -0.384 e. The first-order valence-electron chi connectivity index (χ1n) is 6.13. The van der Waals surface area contributed by atoms with Crippen molar-refractivity contribution < 1.29 is 9.90 Å². The zero-order valence-electron chi connectivity index (χ0n) is 11.0. The molecule has 1 amide bonds. The van der Waals surface area contributed by atoms with Gasteiger partial charge in [0.25, 0.3) is 5.91 Å². The largest absolute Gasteiger partial charge is 0.384 e. The average Bonchev–Trinajstić information content (AvgIpc) is 2.72. The van der Waals surface area contributed by atoms with E-state index < -0.39 is 12.0 Å². The van der Waals surface area contributed by atoms with Crippen molar-refractivity contribution in [1.82, 2.24) is 0 Å². The summed E-state index contributed by atoms with van der Waals surface area (Å²) in [6.07, 6.45) is -0.729. The average molecular weight is 304 g/mol. The molecule has 0 aliphatic heterocycles. The highest BCUT2D eigenvalue weighted by Crippen LogP contribution is 2.43. The first kappa shape index (κ1) is 15.0. The van der Waals surface area contributed by atoms with Crippen LogP contribution in [0.4, 0.5) is 0 Å². The number of nitrogens with two attached hydrogens (primary N) is 2. The second-order valence-corrected chi connectivity index (χ2v) is 4.63. The van der Waals surface area contributed by atoms with E-state index in [0.29, 0.717) is 11.1 Å². The quantitative estimate of drug-likeness (QED) is 0.550. The van der Waals surface area contributed by atoms with Crippen molar-refractivity contribution in [2.24, 2.45) is 16.5 Å². The Bertz CT molecular complexity index is 739. The first-order valence-corrected chi connectivity index (χ1v) is 6.13. The van der Waals surface area contributed by atoms with Gasteiger partial charge < -0.3 is 16.6 Å². The van der Waals surface area contributed by atoms with Crippen LogP contribution in [0.1, 0.15) is 27.6 Å². The smallest absolute Gasteiger partial charge is 0.280 e. The van der Waals surface area contributed by atoms with Gasteiger partial charge in [-0.15, -0.1) is 12.4 Å². The number of hydrogen-bond acceptors (Lipinski definition) is 2. The number of benzene rings is 2. The number of fused-ring (bicyclic) bond motifs is 3. The van der Waals surface area contributed by atoms with Gasteiger partial charge in [-0.05, 0) is 34.4 Å². The monoisotopic (exact) mass is 303 g/mol. The number of nitrogens with zero attached hydrogens (tertiary/aromatic N) is 1. The summed E-state index contributed by atoms with van der Waals surface area (Å²) in [7, 11) is 0. The summed E-state index contributed by atoms with van der Waals surface area (Å²) in [5, 5.41) is 10.3. The summed E-state index contributed by atoms with van der Waals surface area (Å²) in [4.78, 5) is 15.3. The molecule has 0 heterocycles. The number of amides is 1. The third-order valence-corrected chi connectivity index (χ3v) is 3.37. The summed E-state index contributed by atoms with van der Waals surface area (Å²) < 4.78 is 0. The molecule has 2 aromatic rings. The van der Waals surface area contributed by atoms with Gasteiger partial charge in [0, 0.05) is 5.56 Å². The van der Waals surface area contributed by atoms with Crippen molar-refractivity contribution in [3.05, 3.63) is 59.2 Å². The van der Waals surface area contributed by atoms with Crippen LogP contribution in [-0.2, 0) is 0 Å². The van der Waals surface area contributed by atoms with Crippen LogP contribution >= 0.6 is 12.4 Å². The van der Waals surface area contributed by atoms with E-state index in [0.717, 1.165) is 16.7 Å². The number of guanidine groups is 1. The van der Waals surface area contributed by atoms with Gasteiger partial charge in [0.15, 0.2) is 5.96 Å². The number of carbonyl (C=O) groups is 1. The van der Waals surface area contributed by atoms with Crippen LogP contribution in [-0.4, -0.2) is 17.0 Å². The van der Waals surface area contributed by atoms with Crippen LogP contribution < -0.4 is 11.5 Å². The molecule has 108 valence electrons. The molecular formula is C15H14ClN3O2. The predicted molar refractivity (Wildman–Crippen MR) is 83.3 cm³/mol. The summed E-state index contributed by atoms with van der Waals surface area (Å²) in [5.41, 5.74) is 14.2. The van der Waals surface area contributed by atoms with Gasteiger partial charge in [0.1, 0.15) is 6.10 Å². The number of hydrogen-bond donors (Lipinski definition) is 3. The highest BCUT2D eigenvalue weighted by atomic mass is 35.5. The van der Waals surface area contributed by atoms with Crippen molar-refractivity contribution in [3.63, 3.8) is 0 Å². The Morgan fingerprint density at radius 1 is 1.05 bits per heavy atom. The summed E-state index contributed by atoms with van der Waals surface area (Å²) in [5.74, 6) is -0.796. The number of aliphatic hydroxyl groups is 1. The Morgan fingerprint density at radius 2 is 1.71 bits per heavy atom. The third-order valence-electron chi connectivity index (χ3n) is 3.37. The van der Waals surface area contributed by atoms with Crippen LogP contribution in [0.25, 0.3) is 11.1 Å². The molecule has 6 heteroatoms. The molecule has 1 atom stereocenters. The Morgan fingerprint density at radius 3 is 2.43 bits per heavy atom. The molecule has 5 nitrogen and oxygen atoms in total. The predicted octanol–water partition coefficient (Wildman–Crippen LogP) is 1.58. The molecule has 2 aromatic carbocycles. The maximum absolute atomic E-state index is 11.8. The third kappa shape index (κ3) is 2.49. The van der Waals surface area contributed by atoms with Crippen molar-refractivity contribution in [3.8, 4) is 11.1 Å². The lowest BCUT2D eigenvalue weighted by molar-refractivity contribution is 0.100. The lowest BCUT2D eigenvalue weighted by Gasteiger charge is -2.06. The molecule has 0 spiro atoms. The van der Waals surface area contributed by atoms with E-state index in [1.165, 1.54) is 0 Å². The van der Waals surface area contributed by atoms with Crippen LogP contribution in [0.2, 0.25) is 0 Å². The van der Waals surface area contributed by atoms with Crippen molar-refractivity contribution >= 4 is 24.3 Å². The van der Waals surface area contributed by atoms with Gasteiger partial charge in [-0.25, -0.2) is 0 Å². The highest BCUT2D eigenvalue weighted by molar-refractivity contribution is 6.02. The molecule has 1 aliphatic carbocycles. The second kappa shape index (κ2) is 5.55. The molecule has 5 N–H and O–H groups in total. The van der Waals surface area contributed by atoms with Gasteiger partial charge in [0.05, 0.1) is 0 Å². The summed E-state index contributed by atoms with van der Waals surface area (Å²) in [6, 6.07) is 12.7. The standard InChI is InChI=1S/C15H13N3O2.ClH/c16-15(17)18-14(20)8-5-6-10-9-3-1-2-4-11(9)13(19)12(10)7-8;/h1-7,13,19H,(H4,16,17,18,20);1H. The maximum atomic E-state index is 11.8. The van der Waals surface area contributed by atoms with E-state index in [-0.39, 0.29) is 18.4 Å². The van der Waals surface area contributed by atoms with Crippen LogP contribution in [0, 0.1) is 0 Å². The molecule has 0 saturated heterocycles. The summed E-state index contributed by atoms with van der Waals surface area (Å²) >= 11 is 0. The number of carbonyl (C=O) groups excluding carboxylic acids is 1. The Balaban J connectivity index is 0.00000161. The molecule has 0 saturated carbocycles. The minimum atomic E-state index is -0.729.